The van der Waals surface area contributed by atoms with Gasteiger partial charge < -0.3 is 10.6 Å². The number of alkyl halides is 3. The Morgan fingerprint density at radius 1 is 1.40 bits per heavy atom. The summed E-state index contributed by atoms with van der Waals surface area (Å²) < 4.78 is 40.7. The number of hydrogen-bond acceptors (Lipinski definition) is 5. The molecule has 4 atom stereocenters. The van der Waals surface area contributed by atoms with E-state index in [1.165, 1.54) is 0 Å². The maximum absolute atomic E-state index is 13.6. The third-order valence-corrected chi connectivity index (χ3v) is 7.05. The number of piperidine rings is 1. The highest BCUT2D eigenvalue weighted by Gasteiger charge is 2.55. The van der Waals surface area contributed by atoms with E-state index in [9.17, 15) is 18.4 Å². The molecule has 0 spiro atoms. The SMILES string of the molecule is CN1C2CCNC[C@H]2C2=CC(Nc3c(C(F)(F)F)cc(Cl)nc3Cl)=CC(C#N)C21C. The van der Waals surface area contributed by atoms with Gasteiger partial charge in [-0.1, -0.05) is 23.2 Å². The predicted molar refractivity (Wildman–Crippen MR) is 109 cm³/mol. The van der Waals surface area contributed by atoms with Gasteiger partial charge in [-0.05, 0) is 50.7 Å². The quantitative estimate of drug-likeness (QED) is 0.641. The normalized spacial score (nSPS) is 31.3. The van der Waals surface area contributed by atoms with Gasteiger partial charge in [-0.3, -0.25) is 4.90 Å². The standard InChI is InChI=1S/C20H20Cl2F3N5/c1-19-10(8-26)5-11(6-13(19)12-9-27-4-3-15(12)30(19)2)28-17-14(20(23,24)25)7-16(21)29-18(17)22/h5-7,10,12,15,27-28H,3-4,9H2,1-2H3/t10?,12-,15?,19?/m0/s1. The van der Waals surface area contributed by atoms with E-state index in [1.54, 1.807) is 6.08 Å². The Balaban J connectivity index is 1.78. The minimum absolute atomic E-state index is 0.177. The second kappa shape index (κ2) is 7.41. The van der Waals surface area contributed by atoms with E-state index >= 15 is 0 Å². The molecule has 5 nitrogen and oxygen atoms in total. The average Bonchev–Trinajstić information content (AvgIpc) is 2.90. The highest BCUT2D eigenvalue weighted by Crippen LogP contribution is 2.51. The predicted octanol–water partition coefficient (Wildman–Crippen LogP) is 4.46. The molecule has 30 heavy (non-hydrogen) atoms. The summed E-state index contributed by atoms with van der Waals surface area (Å²) in [5.74, 6) is -0.361. The Morgan fingerprint density at radius 2 is 2.13 bits per heavy atom. The topological polar surface area (TPSA) is 64.0 Å². The van der Waals surface area contributed by atoms with Crippen LogP contribution in [0.4, 0.5) is 18.9 Å². The van der Waals surface area contributed by atoms with Gasteiger partial charge in [0.15, 0.2) is 5.15 Å². The summed E-state index contributed by atoms with van der Waals surface area (Å²) in [5.41, 5.74) is -0.470. The first kappa shape index (κ1) is 21.4. The van der Waals surface area contributed by atoms with E-state index in [0.29, 0.717) is 5.70 Å². The van der Waals surface area contributed by atoms with E-state index < -0.39 is 23.2 Å². The minimum atomic E-state index is -4.67. The molecule has 4 rings (SSSR count). The molecule has 1 aliphatic carbocycles. The van der Waals surface area contributed by atoms with Crippen molar-refractivity contribution in [2.75, 3.05) is 25.5 Å². The third kappa shape index (κ3) is 3.28. The fourth-order valence-corrected chi connectivity index (χ4v) is 5.45. The molecule has 1 aromatic heterocycles. The molecule has 10 heteroatoms. The summed E-state index contributed by atoms with van der Waals surface area (Å²) in [6.07, 6.45) is -0.209. The molecule has 0 radical (unpaired) electrons. The summed E-state index contributed by atoms with van der Waals surface area (Å²) in [5, 5.41) is 15.3. The molecule has 0 aromatic carbocycles. The van der Waals surface area contributed by atoms with Crippen LogP contribution in [0.3, 0.4) is 0 Å². The van der Waals surface area contributed by atoms with Crippen molar-refractivity contribution in [3.8, 4) is 6.07 Å². The largest absolute Gasteiger partial charge is 0.418 e. The molecule has 2 N–H and O–H groups in total. The number of allylic oxidation sites excluding steroid dienone is 1. The highest BCUT2D eigenvalue weighted by molar-refractivity contribution is 6.34. The third-order valence-electron chi connectivity index (χ3n) is 6.58. The maximum Gasteiger partial charge on any atom is 0.418 e. The maximum atomic E-state index is 13.6. The fourth-order valence-electron chi connectivity index (χ4n) is 4.97. The first-order valence-corrected chi connectivity index (χ1v) is 10.3. The van der Waals surface area contributed by atoms with E-state index in [4.69, 9.17) is 23.2 Å². The van der Waals surface area contributed by atoms with Crippen LogP contribution in [0.15, 0.2) is 29.5 Å². The van der Waals surface area contributed by atoms with Crippen molar-refractivity contribution in [2.24, 2.45) is 11.8 Å². The van der Waals surface area contributed by atoms with Gasteiger partial charge in [0.2, 0.25) is 0 Å². The summed E-state index contributed by atoms with van der Waals surface area (Å²) in [4.78, 5) is 5.99. The molecule has 3 aliphatic rings. The number of fused-ring (bicyclic) bond motifs is 3. The lowest BCUT2D eigenvalue weighted by Crippen LogP contribution is -2.50. The van der Waals surface area contributed by atoms with Crippen LogP contribution in [0.5, 0.6) is 0 Å². The number of aromatic nitrogens is 1. The van der Waals surface area contributed by atoms with Crippen LogP contribution in [-0.4, -0.2) is 41.6 Å². The van der Waals surface area contributed by atoms with Crippen molar-refractivity contribution in [1.82, 2.24) is 15.2 Å². The summed E-state index contributed by atoms with van der Waals surface area (Å²) in [7, 11) is 2.02. The Hall–Kier alpha value is -1.79. The van der Waals surface area contributed by atoms with Gasteiger partial charge in [0, 0.05) is 24.2 Å². The van der Waals surface area contributed by atoms with Gasteiger partial charge in [0.25, 0.3) is 0 Å². The first-order valence-electron chi connectivity index (χ1n) is 9.54. The molecule has 0 amide bonds. The van der Waals surface area contributed by atoms with Crippen LogP contribution in [0, 0.1) is 23.2 Å². The molecule has 0 bridgehead atoms. The number of nitrogens with one attached hydrogen (secondary N) is 2. The van der Waals surface area contributed by atoms with Crippen molar-refractivity contribution in [1.29, 1.82) is 5.26 Å². The number of nitriles is 1. The van der Waals surface area contributed by atoms with Gasteiger partial charge in [0.05, 0.1) is 28.8 Å². The van der Waals surface area contributed by atoms with Gasteiger partial charge in [-0.25, -0.2) is 4.98 Å². The molecule has 1 aromatic rings. The minimum Gasteiger partial charge on any atom is -0.353 e. The smallest absolute Gasteiger partial charge is 0.353 e. The molecule has 2 fully saturated rings. The van der Waals surface area contributed by atoms with Crippen molar-refractivity contribution in [3.63, 3.8) is 0 Å². The second-order valence-corrected chi connectivity index (χ2v) is 8.78. The van der Waals surface area contributed by atoms with E-state index in [1.807, 2.05) is 20.0 Å². The average molecular weight is 458 g/mol. The second-order valence-electron chi connectivity index (χ2n) is 8.03. The highest BCUT2D eigenvalue weighted by atomic mass is 35.5. The Morgan fingerprint density at radius 3 is 2.80 bits per heavy atom. The number of likely N-dealkylation sites (N-methyl/N-ethyl adjacent to an activating group) is 1. The van der Waals surface area contributed by atoms with Crippen LogP contribution in [0.1, 0.15) is 18.9 Å². The summed E-state index contributed by atoms with van der Waals surface area (Å²) in [6, 6.07) is 3.34. The molecule has 3 heterocycles. The number of pyridine rings is 1. The Kier molecular flexibility index (Phi) is 5.30. The van der Waals surface area contributed by atoms with Crippen LogP contribution >= 0.6 is 23.2 Å². The van der Waals surface area contributed by atoms with Crippen molar-refractivity contribution in [3.05, 3.63) is 45.4 Å². The van der Waals surface area contributed by atoms with Gasteiger partial charge in [-0.2, -0.15) is 18.4 Å². The lowest BCUT2D eigenvalue weighted by Gasteiger charge is -2.40. The van der Waals surface area contributed by atoms with Gasteiger partial charge >= 0.3 is 6.18 Å². The molecule has 160 valence electrons. The van der Waals surface area contributed by atoms with Gasteiger partial charge in [-0.15, -0.1) is 0 Å². The van der Waals surface area contributed by atoms with Crippen LogP contribution in [-0.2, 0) is 6.18 Å². The van der Waals surface area contributed by atoms with E-state index in [0.717, 1.165) is 31.1 Å². The van der Waals surface area contributed by atoms with Crippen LogP contribution in [0.25, 0.3) is 0 Å². The number of nitrogens with zero attached hydrogens (tertiary/aromatic N) is 3. The number of anilines is 1. The Bertz CT molecular complexity index is 984. The van der Waals surface area contributed by atoms with Crippen molar-refractivity contribution >= 4 is 28.9 Å². The molecule has 2 saturated heterocycles. The first-order chi connectivity index (χ1) is 14.1. The summed E-state index contributed by atoms with van der Waals surface area (Å²) >= 11 is 11.7. The molecular formula is C20H20Cl2F3N5. The number of hydrogen-bond donors (Lipinski definition) is 2. The zero-order valence-electron chi connectivity index (χ0n) is 16.3. The summed E-state index contributed by atoms with van der Waals surface area (Å²) in [6.45, 7) is 3.68. The van der Waals surface area contributed by atoms with E-state index in [2.05, 4.69) is 26.6 Å². The molecule has 3 unspecified atom stereocenters. The molecule has 2 aliphatic heterocycles. The van der Waals surface area contributed by atoms with Crippen molar-refractivity contribution < 1.29 is 13.2 Å². The lowest BCUT2D eigenvalue weighted by molar-refractivity contribution is -0.137. The number of halogens is 5. The van der Waals surface area contributed by atoms with Crippen LogP contribution < -0.4 is 10.6 Å². The zero-order valence-corrected chi connectivity index (χ0v) is 17.8. The monoisotopic (exact) mass is 457 g/mol. The number of likely N-dealkylation sites (tertiary alicyclic amines) is 1. The zero-order chi connectivity index (χ0) is 21.8. The van der Waals surface area contributed by atoms with Crippen LogP contribution in [0.2, 0.25) is 10.3 Å². The molecular weight excluding hydrogens is 438 g/mol. The lowest BCUT2D eigenvalue weighted by atomic mass is 9.73. The van der Waals surface area contributed by atoms with Gasteiger partial charge in [0.1, 0.15) is 5.15 Å². The molecule has 0 saturated carbocycles. The fraction of sp³-hybridized carbons (Fsp3) is 0.500. The van der Waals surface area contributed by atoms with E-state index in [-0.39, 0.29) is 28.0 Å². The van der Waals surface area contributed by atoms with Crippen molar-refractivity contribution in [2.45, 2.75) is 31.1 Å². The Labute approximate surface area is 182 Å². The number of rotatable bonds is 2.